The molecule has 9 heteroatoms. The molecule has 0 atom stereocenters. The van der Waals surface area contributed by atoms with Crippen LogP contribution in [0.25, 0.3) is 0 Å². The summed E-state index contributed by atoms with van der Waals surface area (Å²) in [6.45, 7) is 0. The Balaban J connectivity index is 2.25. The molecule has 0 unspecified atom stereocenters. The second-order valence-electron chi connectivity index (χ2n) is 4.37. The predicted octanol–water partition coefficient (Wildman–Crippen LogP) is 2.52. The first-order valence-electron chi connectivity index (χ1n) is 6.55. The summed E-state index contributed by atoms with van der Waals surface area (Å²) in [6, 6.07) is 6.06. The SMILES string of the molecule is COc1ccc(C=NNC(=O)c2ccc(Br)o2)c(C(=O)O)c1OC. The minimum Gasteiger partial charge on any atom is -0.493 e. The van der Waals surface area contributed by atoms with E-state index < -0.39 is 11.9 Å². The molecule has 0 saturated carbocycles. The maximum atomic E-state index is 11.8. The zero-order valence-electron chi connectivity index (χ0n) is 12.7. The summed E-state index contributed by atoms with van der Waals surface area (Å²) in [7, 11) is 2.74. The van der Waals surface area contributed by atoms with Crippen LogP contribution in [-0.4, -0.2) is 37.4 Å². The van der Waals surface area contributed by atoms with E-state index in [2.05, 4.69) is 26.5 Å². The number of nitrogens with zero attached hydrogens (tertiary/aromatic N) is 1. The molecule has 0 aliphatic carbocycles. The van der Waals surface area contributed by atoms with Gasteiger partial charge in [-0.05, 0) is 40.2 Å². The van der Waals surface area contributed by atoms with E-state index in [1.165, 1.54) is 38.6 Å². The summed E-state index contributed by atoms with van der Waals surface area (Å²) in [5, 5.41) is 13.1. The van der Waals surface area contributed by atoms with Crippen molar-refractivity contribution < 1.29 is 28.6 Å². The summed E-state index contributed by atoms with van der Waals surface area (Å²) >= 11 is 3.08. The average Bonchev–Trinajstić information content (AvgIpc) is 3.00. The minimum atomic E-state index is -1.21. The normalized spacial score (nSPS) is 10.6. The van der Waals surface area contributed by atoms with Gasteiger partial charge in [-0.2, -0.15) is 5.10 Å². The van der Waals surface area contributed by atoms with Crippen LogP contribution in [0.15, 0.2) is 38.5 Å². The van der Waals surface area contributed by atoms with Gasteiger partial charge in [0.15, 0.2) is 21.9 Å². The van der Waals surface area contributed by atoms with E-state index in [0.29, 0.717) is 4.67 Å². The van der Waals surface area contributed by atoms with E-state index in [9.17, 15) is 14.7 Å². The number of furan rings is 1. The molecular formula is C15H13BrN2O6. The quantitative estimate of drug-likeness (QED) is 0.573. The molecule has 0 aliphatic heterocycles. The Kier molecular flexibility index (Phi) is 5.59. The van der Waals surface area contributed by atoms with Crippen molar-refractivity contribution in [2.75, 3.05) is 14.2 Å². The van der Waals surface area contributed by atoms with Gasteiger partial charge in [-0.15, -0.1) is 0 Å². The molecule has 1 aromatic heterocycles. The summed E-state index contributed by atoms with van der Waals surface area (Å²) in [4.78, 5) is 23.3. The van der Waals surface area contributed by atoms with Gasteiger partial charge in [-0.1, -0.05) is 0 Å². The molecule has 1 aromatic carbocycles. The number of benzene rings is 1. The van der Waals surface area contributed by atoms with Crippen molar-refractivity contribution in [2.24, 2.45) is 5.10 Å². The smallest absolute Gasteiger partial charge is 0.340 e. The number of methoxy groups -OCH3 is 2. The largest absolute Gasteiger partial charge is 0.493 e. The number of hydrazone groups is 1. The van der Waals surface area contributed by atoms with Gasteiger partial charge in [0.1, 0.15) is 5.56 Å². The number of amides is 1. The number of aromatic carboxylic acids is 1. The van der Waals surface area contributed by atoms with E-state index in [1.807, 2.05) is 0 Å². The number of hydrogen-bond donors (Lipinski definition) is 2. The van der Waals surface area contributed by atoms with Crippen molar-refractivity contribution in [1.82, 2.24) is 5.43 Å². The fourth-order valence-electron chi connectivity index (χ4n) is 1.92. The summed E-state index contributed by atoms with van der Waals surface area (Å²) in [5.41, 5.74) is 2.35. The van der Waals surface area contributed by atoms with Gasteiger partial charge >= 0.3 is 11.9 Å². The zero-order chi connectivity index (χ0) is 17.7. The third-order valence-electron chi connectivity index (χ3n) is 2.96. The first-order valence-corrected chi connectivity index (χ1v) is 7.34. The van der Waals surface area contributed by atoms with Crippen molar-refractivity contribution in [3.63, 3.8) is 0 Å². The second-order valence-corrected chi connectivity index (χ2v) is 5.15. The van der Waals surface area contributed by atoms with Crippen LogP contribution in [0.1, 0.15) is 26.5 Å². The highest BCUT2D eigenvalue weighted by molar-refractivity contribution is 9.10. The van der Waals surface area contributed by atoms with Crippen LogP contribution in [0.4, 0.5) is 0 Å². The van der Waals surface area contributed by atoms with Crippen molar-refractivity contribution in [2.45, 2.75) is 0 Å². The van der Waals surface area contributed by atoms with Gasteiger partial charge in [-0.3, -0.25) is 4.79 Å². The number of carboxylic acid groups (broad SMARTS) is 1. The number of carbonyl (C=O) groups excluding carboxylic acids is 1. The average molecular weight is 397 g/mol. The molecule has 0 bridgehead atoms. The highest BCUT2D eigenvalue weighted by Gasteiger charge is 2.20. The minimum absolute atomic E-state index is 0.0600. The number of carbonyl (C=O) groups is 2. The zero-order valence-corrected chi connectivity index (χ0v) is 14.3. The molecule has 8 nitrogen and oxygen atoms in total. The van der Waals surface area contributed by atoms with Crippen molar-refractivity contribution in [1.29, 1.82) is 0 Å². The standard InChI is InChI=1S/C15H13BrN2O6/c1-22-9-4-3-8(12(15(20)21)13(9)23-2)7-17-18-14(19)10-5-6-11(16)24-10/h3-7H,1-2H3,(H,18,19)(H,20,21). The Hall–Kier alpha value is -2.81. The number of hydrogen-bond acceptors (Lipinski definition) is 6. The summed E-state index contributed by atoms with van der Waals surface area (Å²) in [6.07, 6.45) is 1.20. The lowest BCUT2D eigenvalue weighted by molar-refractivity contribution is 0.0692. The second kappa shape index (κ2) is 7.64. The fraction of sp³-hybridized carbons (Fsp3) is 0.133. The van der Waals surface area contributed by atoms with Crippen LogP contribution in [0.5, 0.6) is 11.5 Å². The number of carboxylic acids is 1. The lowest BCUT2D eigenvalue weighted by Gasteiger charge is -2.12. The molecule has 2 rings (SSSR count). The maximum Gasteiger partial charge on any atom is 0.340 e. The highest BCUT2D eigenvalue weighted by Crippen LogP contribution is 2.32. The predicted molar refractivity (Wildman–Crippen MR) is 88.0 cm³/mol. The van der Waals surface area contributed by atoms with Gasteiger partial charge in [0, 0.05) is 5.56 Å². The van der Waals surface area contributed by atoms with Crippen LogP contribution in [0, 0.1) is 0 Å². The molecule has 126 valence electrons. The lowest BCUT2D eigenvalue weighted by atomic mass is 10.1. The lowest BCUT2D eigenvalue weighted by Crippen LogP contribution is -2.17. The van der Waals surface area contributed by atoms with E-state index in [0.717, 1.165) is 0 Å². The number of ether oxygens (including phenoxy) is 2. The third-order valence-corrected chi connectivity index (χ3v) is 3.38. The Morgan fingerprint density at radius 3 is 2.54 bits per heavy atom. The van der Waals surface area contributed by atoms with Crippen molar-refractivity contribution in [3.8, 4) is 11.5 Å². The molecule has 0 saturated heterocycles. The fourth-order valence-corrected chi connectivity index (χ4v) is 2.23. The number of halogens is 1. The molecule has 1 heterocycles. The Bertz CT molecular complexity index is 799. The molecular weight excluding hydrogens is 384 g/mol. The Labute approximate surface area is 145 Å². The molecule has 0 fully saturated rings. The molecule has 1 amide bonds. The van der Waals surface area contributed by atoms with Crippen molar-refractivity contribution in [3.05, 3.63) is 45.8 Å². The molecule has 2 N–H and O–H groups in total. The van der Waals surface area contributed by atoms with E-state index in [4.69, 9.17) is 13.9 Å². The van der Waals surface area contributed by atoms with E-state index in [-0.39, 0.29) is 28.4 Å². The van der Waals surface area contributed by atoms with E-state index >= 15 is 0 Å². The first kappa shape index (κ1) is 17.5. The number of rotatable bonds is 6. The number of nitrogens with one attached hydrogen (secondary N) is 1. The van der Waals surface area contributed by atoms with E-state index in [1.54, 1.807) is 6.07 Å². The van der Waals surface area contributed by atoms with Gasteiger partial charge in [0.05, 0.1) is 20.4 Å². The van der Waals surface area contributed by atoms with Crippen LogP contribution >= 0.6 is 15.9 Å². The Morgan fingerprint density at radius 1 is 1.25 bits per heavy atom. The van der Waals surface area contributed by atoms with Gasteiger partial charge < -0.3 is 19.0 Å². The Morgan fingerprint density at radius 2 is 2.00 bits per heavy atom. The van der Waals surface area contributed by atoms with Crippen LogP contribution in [0.2, 0.25) is 0 Å². The monoisotopic (exact) mass is 396 g/mol. The summed E-state index contributed by atoms with van der Waals surface area (Å²) < 4.78 is 15.6. The van der Waals surface area contributed by atoms with Gasteiger partial charge in [0.2, 0.25) is 0 Å². The van der Waals surface area contributed by atoms with Gasteiger partial charge in [0.25, 0.3) is 0 Å². The van der Waals surface area contributed by atoms with Crippen LogP contribution in [0.3, 0.4) is 0 Å². The molecule has 24 heavy (non-hydrogen) atoms. The third kappa shape index (κ3) is 3.74. The maximum absolute atomic E-state index is 11.8. The first-order chi connectivity index (χ1) is 11.5. The van der Waals surface area contributed by atoms with Gasteiger partial charge in [-0.25, -0.2) is 10.2 Å². The van der Waals surface area contributed by atoms with Crippen LogP contribution in [-0.2, 0) is 0 Å². The molecule has 0 spiro atoms. The highest BCUT2D eigenvalue weighted by atomic mass is 79.9. The van der Waals surface area contributed by atoms with Crippen LogP contribution < -0.4 is 14.9 Å². The van der Waals surface area contributed by atoms with Crippen molar-refractivity contribution >= 4 is 34.0 Å². The summed E-state index contributed by atoms with van der Waals surface area (Å²) in [5.74, 6) is -1.39. The molecule has 0 radical (unpaired) electrons. The molecule has 0 aliphatic rings. The molecule has 2 aromatic rings. The topological polar surface area (TPSA) is 110 Å².